The van der Waals surface area contributed by atoms with E-state index in [2.05, 4.69) is 0 Å². The molecule has 0 aromatic heterocycles. The minimum Gasteiger partial charge on any atom is -0.459 e. The zero-order valence-electron chi connectivity index (χ0n) is 20.8. The van der Waals surface area contributed by atoms with Gasteiger partial charge in [-0.05, 0) is 66.0 Å². The monoisotopic (exact) mass is 478 g/mol. The molecule has 0 N–H and O–H groups in total. The maximum absolute atomic E-state index is 13.1. The molecule has 1 aromatic carbocycles. The molecule has 0 aliphatic rings. The quantitative estimate of drug-likeness (QED) is 0.215. The number of imide groups is 1. The Hall–Kier alpha value is -3.43. The van der Waals surface area contributed by atoms with Crippen LogP contribution >= 0.6 is 0 Å². The van der Waals surface area contributed by atoms with E-state index in [0.717, 1.165) is 0 Å². The normalized spacial score (nSPS) is 13.0. The van der Waals surface area contributed by atoms with E-state index in [-0.39, 0.29) is 25.1 Å². The smallest absolute Gasteiger partial charge is 0.420 e. The van der Waals surface area contributed by atoms with Crippen LogP contribution in [0, 0.1) is 10.1 Å². The molecule has 1 rings (SSSR count). The predicted molar refractivity (Wildman–Crippen MR) is 124 cm³/mol. The van der Waals surface area contributed by atoms with Gasteiger partial charge >= 0.3 is 18.2 Å². The Morgan fingerprint density at radius 1 is 1.00 bits per heavy atom. The number of ether oxygens (including phenoxy) is 3. The van der Waals surface area contributed by atoms with Gasteiger partial charge in [0, 0.05) is 6.92 Å². The van der Waals surface area contributed by atoms with Gasteiger partial charge in [0.1, 0.15) is 23.9 Å². The highest BCUT2D eigenvalue weighted by Crippen LogP contribution is 2.21. The van der Waals surface area contributed by atoms with Crippen LogP contribution in [0.4, 0.5) is 9.59 Å². The lowest BCUT2D eigenvalue weighted by Gasteiger charge is -2.32. The number of rotatable bonds is 8. The van der Waals surface area contributed by atoms with E-state index in [9.17, 15) is 24.5 Å². The Labute approximate surface area is 200 Å². The van der Waals surface area contributed by atoms with Crippen molar-refractivity contribution < 1.29 is 33.5 Å². The molecule has 0 aliphatic heterocycles. The minimum atomic E-state index is -1.43. The predicted octanol–water partition coefficient (Wildman–Crippen LogP) is 5.23. The summed E-state index contributed by atoms with van der Waals surface area (Å²) < 4.78 is 16.1. The SMILES string of the molecule is C/C(=C\CC[C@@H](C(=O)OCc1ccccc1)N(C(=O)OC(C)(C)C)C(=O)OC(C)(C)C)[N+](=O)[O-]. The Balaban J connectivity index is 3.29. The average molecular weight is 479 g/mol. The lowest BCUT2D eigenvalue weighted by atomic mass is 10.1. The van der Waals surface area contributed by atoms with Crippen LogP contribution < -0.4 is 0 Å². The van der Waals surface area contributed by atoms with Crippen molar-refractivity contribution in [1.29, 1.82) is 0 Å². The van der Waals surface area contributed by atoms with Crippen LogP contribution in [0.2, 0.25) is 0 Å². The van der Waals surface area contributed by atoms with Crippen LogP contribution in [0.25, 0.3) is 0 Å². The summed E-state index contributed by atoms with van der Waals surface area (Å²) in [4.78, 5) is 50.0. The third-order valence-corrected chi connectivity index (χ3v) is 4.16. The number of benzene rings is 1. The van der Waals surface area contributed by atoms with Crippen molar-refractivity contribution in [3.8, 4) is 0 Å². The highest BCUT2D eigenvalue weighted by Gasteiger charge is 2.40. The standard InChI is InChI=1S/C24H34N2O8/c1-17(26(30)31)12-11-15-19(20(27)32-16-18-13-9-8-10-14-18)25(21(28)33-23(2,3)4)22(29)34-24(5,6)7/h8-10,12-14,19H,11,15-16H2,1-7H3/b17-12+/t19-/m0/s1. The van der Waals surface area contributed by atoms with Crippen LogP contribution in [0.5, 0.6) is 0 Å². The second kappa shape index (κ2) is 12.2. The van der Waals surface area contributed by atoms with Crippen molar-refractivity contribution in [2.45, 2.75) is 85.2 Å². The fourth-order valence-corrected chi connectivity index (χ4v) is 2.65. The molecule has 34 heavy (non-hydrogen) atoms. The van der Waals surface area contributed by atoms with Gasteiger partial charge in [-0.15, -0.1) is 0 Å². The molecule has 0 fully saturated rings. The van der Waals surface area contributed by atoms with Crippen LogP contribution in [0.15, 0.2) is 42.1 Å². The Kier molecular flexibility index (Phi) is 10.2. The fraction of sp³-hybridized carbons (Fsp3) is 0.542. The summed E-state index contributed by atoms with van der Waals surface area (Å²) in [6.07, 6.45) is -0.964. The third-order valence-electron chi connectivity index (χ3n) is 4.16. The number of esters is 1. The van der Waals surface area contributed by atoms with Crippen LogP contribution in [0.1, 0.15) is 66.9 Å². The molecule has 0 saturated carbocycles. The highest BCUT2D eigenvalue weighted by atomic mass is 16.6. The molecule has 0 unspecified atom stereocenters. The first-order chi connectivity index (χ1) is 15.6. The van der Waals surface area contributed by atoms with Crippen LogP contribution in [0.3, 0.4) is 0 Å². The van der Waals surface area contributed by atoms with Gasteiger partial charge in [-0.1, -0.05) is 30.3 Å². The van der Waals surface area contributed by atoms with Gasteiger partial charge in [-0.3, -0.25) is 10.1 Å². The van der Waals surface area contributed by atoms with E-state index < -0.39 is 40.3 Å². The fourth-order valence-electron chi connectivity index (χ4n) is 2.65. The van der Waals surface area contributed by atoms with E-state index in [4.69, 9.17) is 14.2 Å². The van der Waals surface area contributed by atoms with Gasteiger partial charge in [-0.25, -0.2) is 14.4 Å². The Morgan fingerprint density at radius 2 is 1.50 bits per heavy atom. The molecule has 1 aromatic rings. The van der Waals surface area contributed by atoms with Crippen molar-refractivity contribution in [3.05, 3.63) is 57.8 Å². The summed E-state index contributed by atoms with van der Waals surface area (Å²) in [5.41, 5.74) is -1.34. The summed E-state index contributed by atoms with van der Waals surface area (Å²) in [6, 6.07) is 7.45. The topological polar surface area (TPSA) is 125 Å². The zero-order valence-corrected chi connectivity index (χ0v) is 20.8. The molecular weight excluding hydrogens is 444 g/mol. The maximum Gasteiger partial charge on any atom is 0.420 e. The summed E-state index contributed by atoms with van der Waals surface area (Å²) in [6.45, 7) is 10.9. The number of carbonyl (C=O) groups excluding carboxylic acids is 3. The molecule has 0 spiro atoms. The molecule has 2 amide bonds. The molecule has 0 heterocycles. The van der Waals surface area contributed by atoms with E-state index in [0.29, 0.717) is 10.5 Å². The summed E-state index contributed by atoms with van der Waals surface area (Å²) in [5, 5.41) is 10.9. The van der Waals surface area contributed by atoms with Gasteiger partial charge in [0.15, 0.2) is 0 Å². The molecule has 10 nitrogen and oxygen atoms in total. The molecule has 0 saturated heterocycles. The Morgan fingerprint density at radius 3 is 1.94 bits per heavy atom. The number of hydrogen-bond donors (Lipinski definition) is 0. The average Bonchev–Trinajstić information content (AvgIpc) is 2.69. The molecule has 0 aliphatic carbocycles. The molecule has 0 bridgehead atoms. The van der Waals surface area contributed by atoms with Gasteiger partial charge < -0.3 is 14.2 Å². The number of carbonyl (C=O) groups is 3. The van der Waals surface area contributed by atoms with Gasteiger partial charge in [0.05, 0.1) is 4.92 Å². The third kappa shape index (κ3) is 10.5. The van der Waals surface area contributed by atoms with Crippen LogP contribution in [-0.4, -0.2) is 45.2 Å². The second-order valence-electron chi connectivity index (χ2n) is 9.62. The molecule has 188 valence electrons. The molecule has 1 atom stereocenters. The van der Waals surface area contributed by atoms with E-state index in [1.165, 1.54) is 13.0 Å². The lowest BCUT2D eigenvalue weighted by Crippen LogP contribution is -2.52. The van der Waals surface area contributed by atoms with Gasteiger partial charge in [0.25, 0.3) is 0 Å². The first kappa shape index (κ1) is 28.6. The first-order valence-corrected chi connectivity index (χ1v) is 10.9. The van der Waals surface area contributed by atoms with Crippen LogP contribution in [-0.2, 0) is 25.6 Å². The molecule has 10 heteroatoms. The number of hydrogen-bond acceptors (Lipinski definition) is 8. The first-order valence-electron chi connectivity index (χ1n) is 10.9. The molecular formula is C24H34N2O8. The highest BCUT2D eigenvalue weighted by molar-refractivity contribution is 5.94. The summed E-state index contributed by atoms with van der Waals surface area (Å²) in [7, 11) is 0. The van der Waals surface area contributed by atoms with E-state index in [1.54, 1.807) is 65.8 Å². The number of allylic oxidation sites excluding steroid dienone is 2. The lowest BCUT2D eigenvalue weighted by molar-refractivity contribution is -0.424. The maximum atomic E-state index is 13.1. The van der Waals surface area contributed by atoms with Crippen molar-refractivity contribution in [2.75, 3.05) is 0 Å². The second-order valence-corrected chi connectivity index (χ2v) is 9.62. The van der Waals surface area contributed by atoms with Crippen molar-refractivity contribution in [1.82, 2.24) is 4.90 Å². The number of amides is 2. The van der Waals surface area contributed by atoms with E-state index in [1.807, 2.05) is 6.07 Å². The summed E-state index contributed by atoms with van der Waals surface area (Å²) in [5.74, 6) is -0.868. The van der Waals surface area contributed by atoms with Crippen molar-refractivity contribution in [3.63, 3.8) is 0 Å². The largest absolute Gasteiger partial charge is 0.459 e. The van der Waals surface area contributed by atoms with E-state index >= 15 is 0 Å². The van der Waals surface area contributed by atoms with Crippen molar-refractivity contribution >= 4 is 18.2 Å². The van der Waals surface area contributed by atoms with Gasteiger partial charge in [0.2, 0.25) is 5.70 Å². The number of nitro groups is 1. The zero-order chi connectivity index (χ0) is 26.1. The number of nitrogens with zero attached hydrogens (tertiary/aromatic N) is 2. The van der Waals surface area contributed by atoms with Crippen molar-refractivity contribution in [2.24, 2.45) is 0 Å². The minimum absolute atomic E-state index is 0.0278. The summed E-state index contributed by atoms with van der Waals surface area (Å²) >= 11 is 0. The molecule has 0 radical (unpaired) electrons. The van der Waals surface area contributed by atoms with Gasteiger partial charge in [-0.2, -0.15) is 4.90 Å². The Bertz CT molecular complexity index is 870.